The molecule has 14 heteroatoms. The van der Waals surface area contributed by atoms with Crippen LogP contribution in [0.5, 0.6) is 0 Å². The number of hydrogen-bond donors (Lipinski definition) is 0. The van der Waals surface area contributed by atoms with Crippen LogP contribution in [0.1, 0.15) is 76.0 Å². The second kappa shape index (κ2) is 15.6. The Labute approximate surface area is 304 Å². The molecule has 0 spiro atoms. The number of carbonyl (C=O) groups is 2. The number of thiophene rings is 2. The quantitative estimate of drug-likeness (QED) is 0.300. The van der Waals surface area contributed by atoms with Gasteiger partial charge in [0.2, 0.25) is 10.0 Å². The molecule has 0 saturated carbocycles. The average Bonchev–Trinajstić information content (AvgIpc) is 3.63. The first-order chi connectivity index (χ1) is 23.6. The van der Waals surface area contributed by atoms with E-state index in [1.807, 2.05) is 66.2 Å². The van der Waals surface area contributed by atoms with Gasteiger partial charge in [-0.05, 0) is 88.4 Å². The highest BCUT2D eigenvalue weighted by Crippen LogP contribution is 2.39. The number of fused-ring (bicyclic) bond motifs is 2. The molecule has 0 bridgehead atoms. The monoisotopic (exact) mass is 726 g/mol. The minimum atomic E-state index is -0.473. The van der Waals surface area contributed by atoms with Crippen molar-refractivity contribution < 1.29 is 28.5 Å². The van der Waals surface area contributed by atoms with Crippen molar-refractivity contribution in [1.82, 2.24) is 19.6 Å². The molecule has 0 N–H and O–H groups in total. The van der Waals surface area contributed by atoms with Gasteiger partial charge in [-0.2, -0.15) is 22.7 Å². The summed E-state index contributed by atoms with van der Waals surface area (Å²) in [6, 6.07) is 0.411. The zero-order valence-corrected chi connectivity index (χ0v) is 32.1. The highest BCUT2D eigenvalue weighted by molar-refractivity contribution is 7.15. The lowest BCUT2D eigenvalue weighted by Crippen LogP contribution is -2.60. The van der Waals surface area contributed by atoms with Crippen LogP contribution in [0, 0.1) is 27.0 Å². The van der Waals surface area contributed by atoms with E-state index < -0.39 is 11.2 Å². The topological polar surface area (TPSA) is 92.7 Å². The number of rotatable bonds is 2. The molecule has 4 saturated heterocycles. The van der Waals surface area contributed by atoms with E-state index in [2.05, 4.69) is 19.5 Å². The van der Waals surface area contributed by atoms with E-state index in [-0.39, 0.29) is 36.5 Å². The molecule has 0 radical (unpaired) electrons. The van der Waals surface area contributed by atoms with Crippen molar-refractivity contribution >= 4 is 44.9 Å². The molecular formula is C36H50N6O6S2. The number of ether oxygens (including phenoxy) is 4. The van der Waals surface area contributed by atoms with Crippen molar-refractivity contribution in [3.05, 3.63) is 55.8 Å². The molecule has 50 heavy (non-hydrogen) atoms. The minimum Gasteiger partial charge on any atom is -0.444 e. The molecular weight excluding hydrogens is 677 g/mol. The highest BCUT2D eigenvalue weighted by Gasteiger charge is 2.39. The van der Waals surface area contributed by atoms with Crippen LogP contribution in [0.25, 0.3) is 9.69 Å². The van der Waals surface area contributed by atoms with Gasteiger partial charge in [0.25, 0.3) is 0 Å². The van der Waals surface area contributed by atoms with Crippen LogP contribution in [0.4, 0.5) is 19.6 Å². The van der Waals surface area contributed by atoms with E-state index in [1.165, 1.54) is 22.7 Å². The Kier molecular flexibility index (Phi) is 11.8. The molecule has 4 atom stereocenters. The summed E-state index contributed by atoms with van der Waals surface area (Å²) in [7, 11) is 0. The number of morpholine rings is 2. The largest absolute Gasteiger partial charge is 0.444 e. The van der Waals surface area contributed by atoms with Gasteiger partial charge in [0.1, 0.15) is 11.2 Å². The minimum absolute atomic E-state index is 0.0103. The van der Waals surface area contributed by atoms with E-state index in [1.54, 1.807) is 9.80 Å². The van der Waals surface area contributed by atoms with Gasteiger partial charge in [0.15, 0.2) is 0 Å². The third kappa shape index (κ3) is 9.15. The van der Waals surface area contributed by atoms with Gasteiger partial charge in [-0.1, -0.05) is 0 Å². The van der Waals surface area contributed by atoms with Crippen LogP contribution < -0.4 is 0 Å². The number of carbonyl (C=O) groups excluding carboxylic acids is 2. The molecule has 6 rings (SSSR count). The maximum atomic E-state index is 12.3. The lowest BCUT2D eigenvalue weighted by molar-refractivity contribution is -0.0908. The van der Waals surface area contributed by atoms with Crippen LogP contribution in [-0.4, -0.2) is 121 Å². The molecule has 4 aliphatic heterocycles. The second-order valence-electron chi connectivity index (χ2n) is 15.3. The summed E-state index contributed by atoms with van der Waals surface area (Å²) in [4.78, 5) is 40.0. The number of amides is 2. The molecule has 6 heterocycles. The van der Waals surface area contributed by atoms with Crippen molar-refractivity contribution in [3.8, 4) is 0 Å². The van der Waals surface area contributed by atoms with Gasteiger partial charge in [-0.25, -0.2) is 19.3 Å². The SMILES string of the molecule is [C-]#[N+]c1scc([C@@H]2CN3CCN(C(=O)OC(C)(C)C)C[C@H]3CO2)c1C.[C-]#[N+]c1scc([C@H]2CN3CCN(C(=O)OC(C)(C)C)C[C@H]3CO2)c1C. The first kappa shape index (κ1) is 38.0. The predicted octanol–water partition coefficient (Wildman–Crippen LogP) is 7.20. The van der Waals surface area contributed by atoms with Gasteiger partial charge >= 0.3 is 12.2 Å². The van der Waals surface area contributed by atoms with Gasteiger partial charge < -0.3 is 28.7 Å². The van der Waals surface area contributed by atoms with Crippen LogP contribution in [0.15, 0.2) is 10.8 Å². The highest BCUT2D eigenvalue weighted by atomic mass is 32.1. The fourth-order valence-electron chi connectivity index (χ4n) is 6.62. The molecule has 2 amide bonds. The lowest BCUT2D eigenvalue weighted by atomic mass is 10.0. The van der Waals surface area contributed by atoms with E-state index in [0.717, 1.165) is 58.4 Å². The first-order valence-electron chi connectivity index (χ1n) is 17.1. The van der Waals surface area contributed by atoms with E-state index in [0.29, 0.717) is 39.4 Å². The Morgan fingerprint density at radius 2 is 1.08 bits per heavy atom. The Hall–Kier alpha value is -3.24. The molecule has 12 nitrogen and oxygen atoms in total. The van der Waals surface area contributed by atoms with Crippen molar-refractivity contribution in [3.63, 3.8) is 0 Å². The second-order valence-corrected chi connectivity index (χ2v) is 17.0. The van der Waals surface area contributed by atoms with Crippen molar-refractivity contribution in [2.24, 2.45) is 0 Å². The fourth-order valence-corrected chi connectivity index (χ4v) is 8.45. The van der Waals surface area contributed by atoms with Crippen molar-refractivity contribution in [2.75, 3.05) is 65.6 Å². The molecule has 2 aromatic heterocycles. The van der Waals surface area contributed by atoms with E-state index >= 15 is 0 Å². The summed E-state index contributed by atoms with van der Waals surface area (Å²) in [5.41, 5.74) is 3.39. The van der Waals surface area contributed by atoms with Gasteiger partial charge in [0.05, 0.1) is 50.6 Å². The molecule has 2 aromatic rings. The van der Waals surface area contributed by atoms with E-state index in [9.17, 15) is 9.59 Å². The van der Waals surface area contributed by atoms with E-state index in [4.69, 9.17) is 32.1 Å². The lowest BCUT2D eigenvalue weighted by Gasteiger charge is -2.46. The number of piperazine rings is 2. The zero-order valence-electron chi connectivity index (χ0n) is 30.5. The Bertz CT molecular complexity index is 1500. The summed E-state index contributed by atoms with van der Waals surface area (Å²) in [5, 5.41) is 5.58. The standard InChI is InChI=1S/2C18H25N3O3S/c2*1-12-14(11-25-16(12)19-5)15-9-20-6-7-21(8-13(20)10-23-15)17(22)24-18(2,3)4/h2*11,13,15H,6-10H2,1-4H3/t13-,15+;13-,15-/m00/s1. The third-order valence-corrected chi connectivity index (χ3v) is 11.3. The van der Waals surface area contributed by atoms with Crippen molar-refractivity contribution in [1.29, 1.82) is 0 Å². The molecule has 4 aliphatic rings. The molecule has 0 aromatic carbocycles. The summed E-state index contributed by atoms with van der Waals surface area (Å²) >= 11 is 2.97. The summed E-state index contributed by atoms with van der Waals surface area (Å²) in [6.07, 6.45) is -0.471. The number of hydrogen-bond acceptors (Lipinski definition) is 10. The van der Waals surface area contributed by atoms with Gasteiger partial charge in [0, 0.05) is 52.4 Å². The normalized spacial score (nSPS) is 24.5. The van der Waals surface area contributed by atoms with Crippen LogP contribution in [0.2, 0.25) is 0 Å². The molecule has 4 fully saturated rings. The third-order valence-electron chi connectivity index (χ3n) is 9.29. The maximum Gasteiger partial charge on any atom is 0.410 e. The zero-order chi connectivity index (χ0) is 36.4. The van der Waals surface area contributed by atoms with Crippen LogP contribution >= 0.6 is 22.7 Å². The predicted molar refractivity (Wildman–Crippen MR) is 194 cm³/mol. The number of nitrogens with zero attached hydrogens (tertiary/aromatic N) is 6. The molecule has 0 unspecified atom stereocenters. The Morgan fingerprint density at radius 3 is 1.40 bits per heavy atom. The first-order valence-corrected chi connectivity index (χ1v) is 18.9. The van der Waals surface area contributed by atoms with Crippen molar-refractivity contribution in [2.45, 2.75) is 90.9 Å². The Balaban J connectivity index is 0.000000194. The van der Waals surface area contributed by atoms with Gasteiger partial charge in [-0.3, -0.25) is 9.80 Å². The molecule has 0 aliphatic carbocycles. The summed E-state index contributed by atoms with van der Waals surface area (Å²) in [5.74, 6) is 0. The Morgan fingerprint density at radius 1 is 0.700 bits per heavy atom. The fraction of sp³-hybridized carbons (Fsp3) is 0.667. The van der Waals surface area contributed by atoms with Crippen LogP contribution in [0.3, 0.4) is 0 Å². The molecule has 272 valence electrons. The summed E-state index contributed by atoms with van der Waals surface area (Å²) < 4.78 is 23.1. The maximum absolute atomic E-state index is 12.3. The summed E-state index contributed by atoms with van der Waals surface area (Å²) in [6.45, 7) is 36.8. The van der Waals surface area contributed by atoms with Gasteiger partial charge in [-0.15, -0.1) is 0 Å². The smallest absolute Gasteiger partial charge is 0.410 e. The van der Waals surface area contributed by atoms with Crippen LogP contribution in [-0.2, 0) is 18.9 Å². The average molecular weight is 727 g/mol.